The molecule has 86 valence electrons. The van der Waals surface area contributed by atoms with Crippen LogP contribution in [0.5, 0.6) is 0 Å². The fourth-order valence-electron chi connectivity index (χ4n) is 3.45. The van der Waals surface area contributed by atoms with E-state index in [9.17, 15) is 0 Å². The van der Waals surface area contributed by atoms with Crippen molar-refractivity contribution in [2.45, 2.75) is 45.1 Å². The van der Waals surface area contributed by atoms with E-state index in [1.165, 1.54) is 43.4 Å². The van der Waals surface area contributed by atoms with Crippen LogP contribution in [-0.4, -0.2) is 6.04 Å². The Morgan fingerprint density at radius 3 is 2.88 bits per heavy atom. The fraction of sp³-hybridized carbons (Fsp3) is 0.600. The molecule has 0 saturated heterocycles. The van der Waals surface area contributed by atoms with Crippen molar-refractivity contribution in [2.24, 2.45) is 11.3 Å². The van der Waals surface area contributed by atoms with Gasteiger partial charge in [0.05, 0.1) is 0 Å². The van der Waals surface area contributed by atoms with E-state index >= 15 is 0 Å². The van der Waals surface area contributed by atoms with Crippen LogP contribution in [-0.2, 0) is 0 Å². The Morgan fingerprint density at radius 2 is 2.31 bits per heavy atom. The number of hydrogen-bond acceptors (Lipinski definition) is 1. The summed E-state index contributed by atoms with van der Waals surface area (Å²) in [6.07, 6.45) is 13.9. The minimum absolute atomic E-state index is 0.477. The molecule has 0 aromatic carbocycles. The van der Waals surface area contributed by atoms with Gasteiger partial charge >= 0.3 is 0 Å². The Labute approximate surface area is 98.3 Å². The van der Waals surface area contributed by atoms with Crippen LogP contribution in [0.15, 0.2) is 36.1 Å². The second-order valence-corrected chi connectivity index (χ2v) is 5.79. The number of hydrogen-bond donors (Lipinski definition) is 1. The molecule has 2 aliphatic carbocycles. The van der Waals surface area contributed by atoms with Crippen molar-refractivity contribution in [1.29, 1.82) is 0 Å². The van der Waals surface area contributed by atoms with E-state index in [1.54, 1.807) is 0 Å². The monoisotopic (exact) mass is 215 g/mol. The lowest BCUT2D eigenvalue weighted by Crippen LogP contribution is -2.38. The summed E-state index contributed by atoms with van der Waals surface area (Å²) < 4.78 is 0. The highest BCUT2D eigenvalue weighted by Crippen LogP contribution is 2.55. The molecule has 0 aromatic heterocycles. The molecule has 1 spiro atoms. The van der Waals surface area contributed by atoms with Crippen LogP contribution in [0.25, 0.3) is 0 Å². The van der Waals surface area contributed by atoms with E-state index in [-0.39, 0.29) is 0 Å². The smallest absolute Gasteiger partial charge is 0.0468 e. The van der Waals surface area contributed by atoms with Gasteiger partial charge in [0.15, 0.2) is 0 Å². The third-order valence-corrected chi connectivity index (χ3v) is 4.81. The predicted molar refractivity (Wildman–Crippen MR) is 68.0 cm³/mol. The van der Waals surface area contributed by atoms with Gasteiger partial charge in [0.1, 0.15) is 0 Å². The van der Waals surface area contributed by atoms with E-state index in [4.69, 9.17) is 0 Å². The molecule has 1 saturated carbocycles. The van der Waals surface area contributed by atoms with Crippen LogP contribution < -0.4 is 5.32 Å². The van der Waals surface area contributed by atoms with E-state index in [0.717, 1.165) is 5.92 Å². The van der Waals surface area contributed by atoms with Gasteiger partial charge in [-0.05, 0) is 56.4 Å². The first-order chi connectivity index (χ1) is 7.70. The topological polar surface area (TPSA) is 12.0 Å². The quantitative estimate of drug-likeness (QED) is 0.660. The summed E-state index contributed by atoms with van der Waals surface area (Å²) in [6.45, 7) is 6.25. The third-order valence-electron chi connectivity index (χ3n) is 4.81. The summed E-state index contributed by atoms with van der Waals surface area (Å²) in [5, 5.41) is 3.62. The zero-order chi connectivity index (χ0) is 11.2. The molecular formula is C15H21N. The van der Waals surface area contributed by atoms with Gasteiger partial charge in [-0.15, -0.1) is 0 Å². The lowest BCUT2D eigenvalue weighted by Gasteiger charge is -2.48. The molecule has 4 rings (SSSR count). The molecule has 1 heteroatoms. The summed E-state index contributed by atoms with van der Waals surface area (Å²) >= 11 is 0. The maximum Gasteiger partial charge on any atom is 0.0468 e. The molecule has 0 radical (unpaired) electrons. The lowest BCUT2D eigenvalue weighted by atomic mass is 9.56. The van der Waals surface area contributed by atoms with Crippen molar-refractivity contribution >= 4 is 0 Å². The van der Waals surface area contributed by atoms with Gasteiger partial charge in [-0.3, -0.25) is 0 Å². The summed E-state index contributed by atoms with van der Waals surface area (Å²) in [4.78, 5) is 0. The Balaban J connectivity index is 1.87. The highest BCUT2D eigenvalue weighted by atomic mass is 14.9. The first-order valence-electron chi connectivity index (χ1n) is 6.51. The normalized spacial score (nSPS) is 40.7. The van der Waals surface area contributed by atoms with Crippen molar-refractivity contribution in [1.82, 2.24) is 5.32 Å². The molecule has 1 N–H and O–H groups in total. The highest BCUT2D eigenvalue weighted by Gasteiger charge is 2.45. The highest BCUT2D eigenvalue weighted by molar-refractivity contribution is 5.30. The standard InChI is InChI=1S/C15H21N/c1-11(2)14-4-3-12-5-8-15(12)9-6-13(16-14)7-10-15/h6-7,9,12,14,16H,1,3-5,8,10H2,2H3. The van der Waals surface area contributed by atoms with Gasteiger partial charge in [-0.2, -0.15) is 0 Å². The molecule has 1 nitrogen and oxygen atoms in total. The zero-order valence-electron chi connectivity index (χ0n) is 10.1. The van der Waals surface area contributed by atoms with Gasteiger partial charge in [0.25, 0.3) is 0 Å². The van der Waals surface area contributed by atoms with Gasteiger partial charge in [-0.25, -0.2) is 0 Å². The Kier molecular flexibility index (Phi) is 2.24. The molecule has 16 heavy (non-hydrogen) atoms. The van der Waals surface area contributed by atoms with Crippen molar-refractivity contribution in [3.05, 3.63) is 36.1 Å². The molecule has 0 aromatic rings. The molecule has 1 fully saturated rings. The molecule has 2 bridgehead atoms. The van der Waals surface area contributed by atoms with Gasteiger partial charge < -0.3 is 5.32 Å². The molecule has 0 amide bonds. The van der Waals surface area contributed by atoms with E-state index in [1.807, 2.05) is 0 Å². The van der Waals surface area contributed by atoms with Crippen molar-refractivity contribution in [3.8, 4) is 0 Å². The van der Waals surface area contributed by atoms with Crippen LogP contribution in [0, 0.1) is 11.3 Å². The average molecular weight is 215 g/mol. The van der Waals surface area contributed by atoms with Crippen LogP contribution in [0.2, 0.25) is 0 Å². The number of allylic oxidation sites excluding steroid dienone is 3. The maximum atomic E-state index is 4.11. The molecule has 2 aliphatic heterocycles. The number of rotatable bonds is 1. The average Bonchev–Trinajstić information content (AvgIpc) is 2.33. The Hall–Kier alpha value is -0.980. The van der Waals surface area contributed by atoms with Crippen LogP contribution in [0.3, 0.4) is 0 Å². The lowest BCUT2D eigenvalue weighted by molar-refractivity contribution is 0.0765. The summed E-state index contributed by atoms with van der Waals surface area (Å²) in [5.41, 5.74) is 3.12. The Bertz CT molecular complexity index is 377. The maximum absolute atomic E-state index is 4.11. The van der Waals surface area contributed by atoms with Crippen molar-refractivity contribution in [3.63, 3.8) is 0 Å². The molecular weight excluding hydrogens is 194 g/mol. The van der Waals surface area contributed by atoms with E-state index in [2.05, 4.69) is 37.0 Å². The van der Waals surface area contributed by atoms with E-state index in [0.29, 0.717) is 11.5 Å². The molecule has 3 atom stereocenters. The fourth-order valence-corrected chi connectivity index (χ4v) is 3.45. The summed E-state index contributed by atoms with van der Waals surface area (Å²) in [7, 11) is 0. The molecule has 4 aliphatic rings. The summed E-state index contributed by atoms with van der Waals surface area (Å²) in [6, 6.07) is 0.477. The molecule has 2 heterocycles. The van der Waals surface area contributed by atoms with Crippen molar-refractivity contribution < 1.29 is 0 Å². The molecule has 3 unspecified atom stereocenters. The van der Waals surface area contributed by atoms with Gasteiger partial charge in [0, 0.05) is 11.7 Å². The van der Waals surface area contributed by atoms with E-state index < -0.39 is 0 Å². The van der Waals surface area contributed by atoms with Gasteiger partial charge in [0.2, 0.25) is 0 Å². The second-order valence-electron chi connectivity index (χ2n) is 5.79. The third kappa shape index (κ3) is 1.45. The first-order valence-corrected chi connectivity index (χ1v) is 6.51. The summed E-state index contributed by atoms with van der Waals surface area (Å²) in [5.74, 6) is 0.920. The minimum atomic E-state index is 0.477. The number of nitrogens with one attached hydrogen (secondary N) is 1. The first kappa shape index (κ1) is 10.2. The van der Waals surface area contributed by atoms with Crippen molar-refractivity contribution in [2.75, 3.05) is 0 Å². The zero-order valence-corrected chi connectivity index (χ0v) is 10.1. The van der Waals surface area contributed by atoms with Crippen LogP contribution in [0.4, 0.5) is 0 Å². The van der Waals surface area contributed by atoms with Crippen LogP contribution >= 0.6 is 0 Å². The minimum Gasteiger partial charge on any atom is -0.379 e. The second kappa shape index (κ2) is 3.51. The Morgan fingerprint density at radius 1 is 1.44 bits per heavy atom. The van der Waals surface area contributed by atoms with Crippen LogP contribution in [0.1, 0.15) is 39.0 Å². The SMILES string of the molecule is C=C(C)C1CCC2CCC23C=CC(=CC3)N1. The number of fused-ring (bicyclic) bond motifs is 4. The van der Waals surface area contributed by atoms with Gasteiger partial charge in [-0.1, -0.05) is 24.3 Å². The largest absolute Gasteiger partial charge is 0.379 e. The predicted octanol–water partition coefficient (Wildman–Crippen LogP) is 3.55.